The number of rotatable bonds is 2. The number of carbonyl (C=O) groups excluding carboxylic acids is 1. The summed E-state index contributed by atoms with van der Waals surface area (Å²) in [6.07, 6.45) is 0. The van der Waals surface area contributed by atoms with Crippen molar-refractivity contribution >= 4 is 33.6 Å². The van der Waals surface area contributed by atoms with E-state index in [-0.39, 0.29) is 13.2 Å². The highest BCUT2D eigenvalue weighted by Gasteiger charge is 2.32. The first-order valence-electron chi connectivity index (χ1n) is 5.71. The lowest BCUT2D eigenvalue weighted by Gasteiger charge is -2.32. The van der Waals surface area contributed by atoms with E-state index in [2.05, 4.69) is 21.2 Å². The molecule has 0 bridgehead atoms. The number of morpholine rings is 1. The molecule has 0 aliphatic carbocycles. The summed E-state index contributed by atoms with van der Waals surface area (Å²) in [5, 5.41) is 11.7. The summed E-state index contributed by atoms with van der Waals surface area (Å²) in [5.74, 6) is -1.07. The van der Waals surface area contributed by atoms with Crippen LogP contribution in [0.3, 0.4) is 0 Å². The van der Waals surface area contributed by atoms with Crippen LogP contribution in [-0.2, 0) is 9.53 Å². The predicted molar refractivity (Wildman–Crippen MR) is 72.1 cm³/mol. The number of carbonyl (C=O) groups is 2. The highest BCUT2D eigenvalue weighted by Crippen LogP contribution is 2.17. The first-order valence-corrected chi connectivity index (χ1v) is 6.51. The first kappa shape index (κ1) is 13.8. The van der Waals surface area contributed by atoms with Gasteiger partial charge in [0.2, 0.25) is 0 Å². The molecule has 1 fully saturated rings. The lowest BCUT2D eigenvalue weighted by atomic mass is 10.2. The van der Waals surface area contributed by atoms with E-state index in [1.165, 1.54) is 4.90 Å². The Morgan fingerprint density at radius 3 is 2.95 bits per heavy atom. The Hall–Kier alpha value is -1.60. The van der Waals surface area contributed by atoms with Gasteiger partial charge in [0.25, 0.3) is 0 Å². The Labute approximate surface area is 118 Å². The maximum Gasteiger partial charge on any atom is 0.328 e. The van der Waals surface area contributed by atoms with Crippen molar-refractivity contribution in [2.24, 2.45) is 0 Å². The molecule has 7 heteroatoms. The third-order valence-electron chi connectivity index (χ3n) is 2.75. The van der Waals surface area contributed by atoms with Crippen LogP contribution in [0.1, 0.15) is 0 Å². The molecular weight excluding hydrogens is 316 g/mol. The van der Waals surface area contributed by atoms with Crippen molar-refractivity contribution in [1.29, 1.82) is 0 Å². The second kappa shape index (κ2) is 6.03. The average molecular weight is 329 g/mol. The van der Waals surface area contributed by atoms with Crippen LogP contribution < -0.4 is 5.32 Å². The van der Waals surface area contributed by atoms with E-state index in [0.717, 1.165) is 4.47 Å². The van der Waals surface area contributed by atoms with Crippen molar-refractivity contribution in [3.05, 3.63) is 28.7 Å². The second-order valence-corrected chi connectivity index (χ2v) is 4.98. The molecule has 1 aliphatic rings. The van der Waals surface area contributed by atoms with Gasteiger partial charge in [0, 0.05) is 16.7 Å². The normalized spacial score (nSPS) is 19.0. The largest absolute Gasteiger partial charge is 0.480 e. The maximum atomic E-state index is 12.1. The molecule has 0 saturated carbocycles. The number of halogens is 1. The fourth-order valence-electron chi connectivity index (χ4n) is 1.81. The number of benzene rings is 1. The number of aliphatic carboxylic acids is 1. The minimum Gasteiger partial charge on any atom is -0.480 e. The molecule has 1 aromatic carbocycles. The molecule has 2 N–H and O–H groups in total. The van der Waals surface area contributed by atoms with E-state index in [9.17, 15) is 9.59 Å². The predicted octanol–water partition coefficient (Wildman–Crippen LogP) is 1.77. The van der Waals surface area contributed by atoms with E-state index in [1.807, 2.05) is 6.07 Å². The molecule has 6 nitrogen and oxygen atoms in total. The van der Waals surface area contributed by atoms with Crippen LogP contribution in [0.15, 0.2) is 28.7 Å². The van der Waals surface area contributed by atoms with Crippen LogP contribution in [0.4, 0.5) is 10.5 Å². The number of amides is 2. The summed E-state index contributed by atoms with van der Waals surface area (Å²) in [5.41, 5.74) is 0.606. The van der Waals surface area contributed by atoms with E-state index >= 15 is 0 Å². The molecule has 0 spiro atoms. The number of carboxylic acids is 1. The lowest BCUT2D eigenvalue weighted by molar-refractivity contribution is -0.147. The number of anilines is 1. The Morgan fingerprint density at radius 1 is 1.47 bits per heavy atom. The van der Waals surface area contributed by atoms with Gasteiger partial charge in [-0.3, -0.25) is 0 Å². The van der Waals surface area contributed by atoms with Crippen molar-refractivity contribution < 1.29 is 19.4 Å². The number of nitrogens with zero attached hydrogens (tertiary/aromatic N) is 1. The quantitative estimate of drug-likeness (QED) is 0.867. The summed E-state index contributed by atoms with van der Waals surface area (Å²) < 4.78 is 5.92. The molecule has 1 saturated heterocycles. The zero-order valence-electron chi connectivity index (χ0n) is 10.0. The molecule has 19 heavy (non-hydrogen) atoms. The third kappa shape index (κ3) is 3.45. The summed E-state index contributed by atoms with van der Waals surface area (Å²) in [6.45, 7) is 0.619. The van der Waals surface area contributed by atoms with Gasteiger partial charge < -0.3 is 20.1 Å². The van der Waals surface area contributed by atoms with E-state index in [1.54, 1.807) is 18.2 Å². The third-order valence-corrected chi connectivity index (χ3v) is 3.24. The molecule has 1 aliphatic heterocycles. The number of hydrogen-bond donors (Lipinski definition) is 2. The molecule has 1 heterocycles. The number of nitrogens with one attached hydrogen (secondary N) is 1. The molecule has 0 aromatic heterocycles. The monoisotopic (exact) mass is 328 g/mol. The molecular formula is C12H13BrN2O4. The van der Waals surface area contributed by atoms with Gasteiger partial charge in [-0.15, -0.1) is 0 Å². The molecule has 1 unspecified atom stereocenters. The van der Waals surface area contributed by atoms with E-state index < -0.39 is 18.0 Å². The van der Waals surface area contributed by atoms with Gasteiger partial charge in [-0.25, -0.2) is 9.59 Å². The van der Waals surface area contributed by atoms with Gasteiger partial charge >= 0.3 is 12.0 Å². The fraction of sp³-hybridized carbons (Fsp3) is 0.333. The number of urea groups is 1. The Morgan fingerprint density at radius 2 is 2.26 bits per heavy atom. The van der Waals surface area contributed by atoms with Gasteiger partial charge in [0.15, 0.2) is 6.04 Å². The molecule has 1 aromatic rings. The second-order valence-electron chi connectivity index (χ2n) is 4.06. The summed E-state index contributed by atoms with van der Waals surface area (Å²) in [6, 6.07) is 5.72. The fourth-order valence-corrected chi connectivity index (χ4v) is 2.21. The average Bonchev–Trinajstić information content (AvgIpc) is 2.38. The molecule has 1 atom stereocenters. The van der Waals surface area contributed by atoms with Crippen molar-refractivity contribution in [2.75, 3.05) is 25.1 Å². The summed E-state index contributed by atoms with van der Waals surface area (Å²) in [4.78, 5) is 24.4. The van der Waals surface area contributed by atoms with E-state index in [4.69, 9.17) is 9.84 Å². The van der Waals surface area contributed by atoms with Gasteiger partial charge in [-0.1, -0.05) is 22.0 Å². The van der Waals surface area contributed by atoms with E-state index in [0.29, 0.717) is 12.3 Å². The van der Waals surface area contributed by atoms with Crippen LogP contribution in [0, 0.1) is 0 Å². The van der Waals surface area contributed by atoms with Crippen molar-refractivity contribution in [1.82, 2.24) is 4.90 Å². The number of hydrogen-bond acceptors (Lipinski definition) is 3. The van der Waals surface area contributed by atoms with Crippen molar-refractivity contribution in [2.45, 2.75) is 6.04 Å². The molecule has 102 valence electrons. The summed E-state index contributed by atoms with van der Waals surface area (Å²) >= 11 is 3.30. The van der Waals surface area contributed by atoms with Gasteiger partial charge in [-0.2, -0.15) is 0 Å². The molecule has 2 amide bonds. The smallest absolute Gasteiger partial charge is 0.328 e. The summed E-state index contributed by atoms with van der Waals surface area (Å²) in [7, 11) is 0. The highest BCUT2D eigenvalue weighted by molar-refractivity contribution is 9.10. The SMILES string of the molecule is O=C(O)C1COCCN1C(=O)Nc1cccc(Br)c1. The van der Waals surface area contributed by atoms with Crippen molar-refractivity contribution in [3.63, 3.8) is 0 Å². The zero-order chi connectivity index (χ0) is 13.8. The number of ether oxygens (including phenoxy) is 1. The van der Waals surface area contributed by atoms with Crippen LogP contribution in [0.2, 0.25) is 0 Å². The Kier molecular flexibility index (Phi) is 4.39. The number of carboxylic acid groups (broad SMARTS) is 1. The molecule has 2 rings (SSSR count). The van der Waals surface area contributed by atoms with Crippen LogP contribution in [0.5, 0.6) is 0 Å². The standard InChI is InChI=1S/C12H13BrN2O4/c13-8-2-1-3-9(6-8)14-12(18)15-4-5-19-7-10(15)11(16)17/h1-3,6,10H,4-5,7H2,(H,14,18)(H,16,17). The van der Waals surface area contributed by atoms with Crippen LogP contribution in [0.25, 0.3) is 0 Å². The maximum absolute atomic E-state index is 12.1. The van der Waals surface area contributed by atoms with Crippen LogP contribution >= 0.6 is 15.9 Å². The topological polar surface area (TPSA) is 78.9 Å². The van der Waals surface area contributed by atoms with Gasteiger partial charge in [0.05, 0.1) is 13.2 Å². The Balaban J connectivity index is 2.07. The Bertz CT molecular complexity index is 494. The minimum absolute atomic E-state index is 0.0151. The lowest BCUT2D eigenvalue weighted by Crippen LogP contribution is -2.53. The van der Waals surface area contributed by atoms with Gasteiger partial charge in [-0.05, 0) is 18.2 Å². The van der Waals surface area contributed by atoms with Crippen molar-refractivity contribution in [3.8, 4) is 0 Å². The highest BCUT2D eigenvalue weighted by atomic mass is 79.9. The minimum atomic E-state index is -1.07. The van der Waals surface area contributed by atoms with Crippen LogP contribution in [-0.4, -0.2) is 47.8 Å². The molecule has 0 radical (unpaired) electrons. The first-order chi connectivity index (χ1) is 9.08. The zero-order valence-corrected chi connectivity index (χ0v) is 11.6. The van der Waals surface area contributed by atoms with Gasteiger partial charge in [0.1, 0.15) is 0 Å².